The highest BCUT2D eigenvalue weighted by Crippen LogP contribution is 2.33. The van der Waals surface area contributed by atoms with Crippen molar-refractivity contribution >= 4 is 6.21 Å². The van der Waals surface area contributed by atoms with Crippen LogP contribution in [0.5, 0.6) is 0 Å². The van der Waals surface area contributed by atoms with E-state index < -0.39 is 0 Å². The van der Waals surface area contributed by atoms with E-state index >= 15 is 0 Å². The van der Waals surface area contributed by atoms with Gasteiger partial charge in [-0.3, -0.25) is 0 Å². The van der Waals surface area contributed by atoms with Gasteiger partial charge in [0.25, 0.3) is 0 Å². The number of nitrogens with zero attached hydrogens (tertiary/aromatic N) is 1. The molecular weight excluding hydrogens is 246 g/mol. The number of benzene rings is 1. The summed E-state index contributed by atoms with van der Waals surface area (Å²) in [6.45, 7) is 0. The molecule has 0 aliphatic heterocycles. The molecule has 0 saturated heterocycles. The number of rotatable bonds is 4. The van der Waals surface area contributed by atoms with Crippen LogP contribution in [-0.4, -0.2) is 12.3 Å². The molecule has 0 bridgehead atoms. The van der Waals surface area contributed by atoms with Gasteiger partial charge >= 0.3 is 0 Å². The molecule has 2 fully saturated rings. The Balaban J connectivity index is 1.66. The Hall–Kier alpha value is -1.31. The quantitative estimate of drug-likeness (QED) is 0.556. The van der Waals surface area contributed by atoms with Gasteiger partial charge in [-0.15, -0.1) is 0 Å². The molecule has 0 spiro atoms. The molecule has 0 N–H and O–H groups in total. The summed E-state index contributed by atoms with van der Waals surface area (Å²) < 4.78 is 0. The van der Waals surface area contributed by atoms with Crippen LogP contribution in [-0.2, 0) is 4.84 Å². The van der Waals surface area contributed by atoms with Gasteiger partial charge in [-0.25, -0.2) is 0 Å². The molecule has 2 nitrogen and oxygen atoms in total. The lowest BCUT2D eigenvalue weighted by atomic mass is 9.82. The van der Waals surface area contributed by atoms with Crippen LogP contribution in [0.3, 0.4) is 0 Å². The topological polar surface area (TPSA) is 21.6 Å². The zero-order chi connectivity index (χ0) is 13.6. The van der Waals surface area contributed by atoms with Gasteiger partial charge in [0.15, 0.2) is 0 Å². The maximum Gasteiger partial charge on any atom is 0.127 e. The van der Waals surface area contributed by atoms with Crippen molar-refractivity contribution in [3.63, 3.8) is 0 Å². The molecule has 2 heteroatoms. The smallest absolute Gasteiger partial charge is 0.127 e. The van der Waals surface area contributed by atoms with E-state index in [9.17, 15) is 0 Å². The van der Waals surface area contributed by atoms with Crippen LogP contribution in [0.4, 0.5) is 0 Å². The van der Waals surface area contributed by atoms with Gasteiger partial charge in [0.05, 0.1) is 6.21 Å². The highest BCUT2D eigenvalue weighted by Gasteiger charge is 2.18. The Bertz CT molecular complexity index is 442. The standard InChI is InChI=1S/C18H25NO/c1-2-8-15(9-3-1)18-13-7-4-10-16(18)14-19-20-17-11-5-6-12-17/h4,7,10,13-15,17H,1-3,5-6,8-9,11-12H2. The van der Waals surface area contributed by atoms with E-state index in [0.29, 0.717) is 6.10 Å². The van der Waals surface area contributed by atoms with Crippen LogP contribution in [0.15, 0.2) is 29.4 Å². The Kier molecular flexibility index (Phi) is 4.73. The van der Waals surface area contributed by atoms with Crippen LogP contribution in [0.1, 0.15) is 74.8 Å². The van der Waals surface area contributed by atoms with Crippen molar-refractivity contribution in [2.75, 3.05) is 0 Å². The van der Waals surface area contributed by atoms with Crippen molar-refractivity contribution in [1.29, 1.82) is 0 Å². The lowest BCUT2D eigenvalue weighted by molar-refractivity contribution is 0.0657. The molecule has 20 heavy (non-hydrogen) atoms. The van der Waals surface area contributed by atoms with Gasteiger partial charge in [-0.2, -0.15) is 0 Å². The van der Waals surface area contributed by atoms with Crippen LogP contribution in [0, 0.1) is 0 Å². The molecule has 108 valence electrons. The van der Waals surface area contributed by atoms with Gasteiger partial charge in [0.2, 0.25) is 0 Å². The van der Waals surface area contributed by atoms with E-state index in [2.05, 4.69) is 29.4 Å². The van der Waals surface area contributed by atoms with Crippen molar-refractivity contribution in [1.82, 2.24) is 0 Å². The molecule has 0 heterocycles. The average Bonchev–Trinajstić information content (AvgIpc) is 3.02. The molecule has 0 unspecified atom stereocenters. The zero-order valence-corrected chi connectivity index (χ0v) is 12.3. The summed E-state index contributed by atoms with van der Waals surface area (Å²) in [5.74, 6) is 0.720. The first-order valence-electron chi connectivity index (χ1n) is 8.21. The maximum absolute atomic E-state index is 5.62. The van der Waals surface area contributed by atoms with Gasteiger partial charge in [-0.1, -0.05) is 48.7 Å². The van der Waals surface area contributed by atoms with Crippen LogP contribution >= 0.6 is 0 Å². The van der Waals surface area contributed by atoms with Crippen LogP contribution in [0.25, 0.3) is 0 Å². The fourth-order valence-electron chi connectivity index (χ4n) is 3.58. The summed E-state index contributed by atoms with van der Waals surface area (Å²) in [6, 6.07) is 8.70. The first-order chi connectivity index (χ1) is 9.93. The molecule has 2 aliphatic rings. The van der Waals surface area contributed by atoms with E-state index in [1.165, 1.54) is 68.9 Å². The third-order valence-electron chi connectivity index (χ3n) is 4.74. The van der Waals surface area contributed by atoms with Gasteiger partial charge < -0.3 is 4.84 Å². The second-order valence-corrected chi connectivity index (χ2v) is 6.21. The average molecular weight is 271 g/mol. The van der Waals surface area contributed by atoms with E-state index in [1.807, 2.05) is 6.21 Å². The molecule has 0 amide bonds. The zero-order valence-electron chi connectivity index (χ0n) is 12.3. The first-order valence-corrected chi connectivity index (χ1v) is 8.21. The van der Waals surface area contributed by atoms with E-state index in [0.717, 1.165) is 5.92 Å². The third kappa shape index (κ3) is 3.41. The van der Waals surface area contributed by atoms with Gasteiger partial charge in [0.1, 0.15) is 6.10 Å². The summed E-state index contributed by atoms with van der Waals surface area (Å²) in [7, 11) is 0. The second-order valence-electron chi connectivity index (χ2n) is 6.21. The molecule has 2 aliphatic carbocycles. The van der Waals surface area contributed by atoms with Crippen molar-refractivity contribution < 1.29 is 4.84 Å². The van der Waals surface area contributed by atoms with Crippen LogP contribution in [0.2, 0.25) is 0 Å². The minimum atomic E-state index is 0.355. The fourth-order valence-corrected chi connectivity index (χ4v) is 3.58. The summed E-state index contributed by atoms with van der Waals surface area (Å²) in [6.07, 6.45) is 14.0. The highest BCUT2D eigenvalue weighted by atomic mass is 16.6. The van der Waals surface area contributed by atoms with Crippen molar-refractivity contribution in [2.24, 2.45) is 5.16 Å². The predicted molar refractivity (Wildman–Crippen MR) is 83.2 cm³/mol. The first kappa shape index (κ1) is 13.7. The molecular formula is C18H25NO. The number of hydrogen-bond donors (Lipinski definition) is 0. The van der Waals surface area contributed by atoms with E-state index in [-0.39, 0.29) is 0 Å². The number of oxime groups is 1. The molecule has 0 radical (unpaired) electrons. The molecule has 0 aromatic heterocycles. The molecule has 0 atom stereocenters. The van der Waals surface area contributed by atoms with Crippen molar-refractivity contribution in [3.8, 4) is 0 Å². The minimum Gasteiger partial charge on any atom is -0.393 e. The molecule has 1 aromatic rings. The Morgan fingerprint density at radius 3 is 2.40 bits per heavy atom. The number of hydrogen-bond acceptors (Lipinski definition) is 2. The van der Waals surface area contributed by atoms with Crippen molar-refractivity contribution in [2.45, 2.75) is 69.8 Å². The Morgan fingerprint density at radius 2 is 1.60 bits per heavy atom. The lowest BCUT2D eigenvalue weighted by Gasteiger charge is -2.23. The molecule has 1 aromatic carbocycles. The molecule has 3 rings (SSSR count). The lowest BCUT2D eigenvalue weighted by Crippen LogP contribution is -2.07. The summed E-state index contributed by atoms with van der Waals surface area (Å²) >= 11 is 0. The second kappa shape index (κ2) is 6.92. The normalized spacial score (nSPS) is 21.6. The van der Waals surface area contributed by atoms with E-state index in [4.69, 9.17) is 4.84 Å². The summed E-state index contributed by atoms with van der Waals surface area (Å²) in [4.78, 5) is 5.62. The minimum absolute atomic E-state index is 0.355. The predicted octanol–water partition coefficient (Wildman–Crippen LogP) is 5.03. The van der Waals surface area contributed by atoms with Crippen molar-refractivity contribution in [3.05, 3.63) is 35.4 Å². The monoisotopic (exact) mass is 271 g/mol. The Morgan fingerprint density at radius 1 is 0.900 bits per heavy atom. The van der Waals surface area contributed by atoms with E-state index in [1.54, 1.807) is 0 Å². The summed E-state index contributed by atoms with van der Waals surface area (Å²) in [5, 5.41) is 4.25. The largest absolute Gasteiger partial charge is 0.393 e. The third-order valence-corrected chi connectivity index (χ3v) is 4.74. The van der Waals surface area contributed by atoms with Gasteiger partial charge in [0, 0.05) is 0 Å². The molecule has 2 saturated carbocycles. The fraction of sp³-hybridized carbons (Fsp3) is 0.611. The summed E-state index contributed by atoms with van der Waals surface area (Å²) in [5.41, 5.74) is 2.71. The maximum atomic E-state index is 5.62. The SMILES string of the molecule is C(=NOC1CCCC1)c1ccccc1C1CCCCC1. The highest BCUT2D eigenvalue weighted by molar-refractivity contribution is 5.81. The Labute approximate surface area is 122 Å². The van der Waals surface area contributed by atoms with Gasteiger partial charge in [-0.05, 0) is 55.6 Å². The van der Waals surface area contributed by atoms with Crippen LogP contribution < -0.4 is 0 Å².